The maximum atomic E-state index is 11.4. The molecule has 0 aromatic rings. The number of rotatable bonds is 10. The number of unbranched alkanes of at least 4 members (excludes halogenated alkanes) is 1. The monoisotopic (exact) mass is 282 g/mol. The van der Waals surface area contributed by atoms with E-state index in [2.05, 4.69) is 24.7 Å². The van der Waals surface area contributed by atoms with Crippen molar-refractivity contribution in [3.8, 4) is 0 Å². The van der Waals surface area contributed by atoms with E-state index < -0.39 is 12.1 Å². The van der Waals surface area contributed by atoms with Gasteiger partial charge in [-0.3, -0.25) is 9.59 Å². The van der Waals surface area contributed by atoms with Crippen molar-refractivity contribution < 1.29 is 19.4 Å². The molecule has 0 aliphatic rings. The van der Waals surface area contributed by atoms with Gasteiger partial charge in [-0.2, -0.15) is 0 Å². The van der Waals surface area contributed by atoms with Crippen molar-refractivity contribution in [2.75, 3.05) is 7.11 Å². The maximum Gasteiger partial charge on any atom is 0.313 e. The lowest BCUT2D eigenvalue weighted by Gasteiger charge is -2.04. The highest BCUT2D eigenvalue weighted by Crippen LogP contribution is 2.09. The fourth-order valence-electron chi connectivity index (χ4n) is 1.68. The highest BCUT2D eigenvalue weighted by molar-refractivity contribution is 5.95. The molecule has 2 atom stereocenters. The van der Waals surface area contributed by atoms with E-state index in [0.717, 1.165) is 6.42 Å². The number of Topliss-reactive ketones (excluding diaryl/α,β-unsaturated/α-hetero) is 1. The maximum absolute atomic E-state index is 11.4. The fourth-order valence-corrected chi connectivity index (χ4v) is 1.68. The lowest BCUT2D eigenvalue weighted by atomic mass is 10.0. The van der Waals surface area contributed by atoms with Gasteiger partial charge in [0.25, 0.3) is 0 Å². The van der Waals surface area contributed by atoms with Crippen LogP contribution in [0.4, 0.5) is 0 Å². The number of ether oxygens (including phenoxy) is 1. The Balaban J connectivity index is 3.98. The second kappa shape index (κ2) is 11.4. The summed E-state index contributed by atoms with van der Waals surface area (Å²) in [6.07, 6.45) is 9.59. The zero-order valence-electron chi connectivity index (χ0n) is 12.7. The number of aliphatic hydroxyl groups excluding tert-OH is 1. The number of carbonyl (C=O) groups is 2. The Hall–Kier alpha value is -1.42. The number of hydrogen-bond donors (Lipinski definition) is 1. The van der Waals surface area contributed by atoms with Gasteiger partial charge in [0, 0.05) is 6.42 Å². The summed E-state index contributed by atoms with van der Waals surface area (Å²) < 4.78 is 4.39. The van der Waals surface area contributed by atoms with Crippen molar-refractivity contribution >= 4 is 11.8 Å². The Morgan fingerprint density at radius 3 is 2.50 bits per heavy atom. The molecule has 0 bridgehead atoms. The van der Waals surface area contributed by atoms with E-state index >= 15 is 0 Å². The summed E-state index contributed by atoms with van der Waals surface area (Å²) in [6, 6.07) is 0. The van der Waals surface area contributed by atoms with Crippen LogP contribution in [0.2, 0.25) is 0 Å². The number of allylic oxidation sites excluding steroid dienone is 3. The topological polar surface area (TPSA) is 63.6 Å². The molecule has 0 heterocycles. The van der Waals surface area contributed by atoms with Crippen molar-refractivity contribution in [3.05, 3.63) is 24.3 Å². The molecule has 0 radical (unpaired) electrons. The molecule has 4 heteroatoms. The number of carbonyl (C=O) groups excluding carboxylic acids is 2. The summed E-state index contributed by atoms with van der Waals surface area (Å²) in [5, 5.41) is 9.62. The smallest absolute Gasteiger partial charge is 0.313 e. The van der Waals surface area contributed by atoms with Crippen molar-refractivity contribution in [2.45, 2.75) is 52.1 Å². The molecule has 0 amide bonds. The second-order valence-corrected chi connectivity index (χ2v) is 4.95. The zero-order valence-corrected chi connectivity index (χ0v) is 12.7. The largest absolute Gasteiger partial charge is 0.469 e. The molecule has 0 aromatic heterocycles. The van der Waals surface area contributed by atoms with Crippen LogP contribution in [0.1, 0.15) is 46.0 Å². The molecule has 2 unspecified atom stereocenters. The number of ketones is 1. The molecular weight excluding hydrogens is 256 g/mol. The first-order valence-electron chi connectivity index (χ1n) is 7.11. The van der Waals surface area contributed by atoms with Gasteiger partial charge in [0.05, 0.1) is 13.2 Å². The van der Waals surface area contributed by atoms with E-state index in [0.29, 0.717) is 5.92 Å². The van der Waals surface area contributed by atoms with Crippen LogP contribution < -0.4 is 0 Å². The molecule has 0 fully saturated rings. The third kappa shape index (κ3) is 10.5. The van der Waals surface area contributed by atoms with Crippen LogP contribution in [-0.2, 0) is 14.3 Å². The van der Waals surface area contributed by atoms with Gasteiger partial charge < -0.3 is 9.84 Å². The first-order valence-corrected chi connectivity index (χ1v) is 7.11. The summed E-state index contributed by atoms with van der Waals surface area (Å²) in [6.45, 7) is 4.31. The van der Waals surface area contributed by atoms with Gasteiger partial charge in [-0.15, -0.1) is 0 Å². The predicted octanol–water partition coefficient (Wildman–Crippen LogP) is 2.81. The van der Waals surface area contributed by atoms with Crippen molar-refractivity contribution in [3.63, 3.8) is 0 Å². The van der Waals surface area contributed by atoms with Crippen LogP contribution in [0.25, 0.3) is 0 Å². The quantitative estimate of drug-likeness (QED) is 0.380. The summed E-state index contributed by atoms with van der Waals surface area (Å²) >= 11 is 0. The van der Waals surface area contributed by atoms with Crippen LogP contribution >= 0.6 is 0 Å². The molecule has 0 rings (SSSR count). The van der Waals surface area contributed by atoms with Crippen LogP contribution in [0, 0.1) is 5.92 Å². The Labute approximate surface area is 121 Å². The van der Waals surface area contributed by atoms with Gasteiger partial charge in [0.2, 0.25) is 0 Å². The third-order valence-electron chi connectivity index (χ3n) is 2.90. The molecule has 0 aliphatic heterocycles. The second-order valence-electron chi connectivity index (χ2n) is 4.95. The lowest BCUT2D eigenvalue weighted by Crippen LogP contribution is -2.15. The Bertz CT molecular complexity index is 344. The Kier molecular flexibility index (Phi) is 10.6. The molecule has 20 heavy (non-hydrogen) atoms. The third-order valence-corrected chi connectivity index (χ3v) is 2.90. The fraction of sp³-hybridized carbons (Fsp3) is 0.625. The van der Waals surface area contributed by atoms with Gasteiger partial charge in [-0.1, -0.05) is 51.0 Å². The average molecular weight is 282 g/mol. The van der Waals surface area contributed by atoms with Crippen LogP contribution in [0.3, 0.4) is 0 Å². The van der Waals surface area contributed by atoms with Crippen LogP contribution in [0.5, 0.6) is 0 Å². The highest BCUT2D eigenvalue weighted by Gasteiger charge is 2.12. The molecular formula is C16H26O4. The molecule has 0 aliphatic carbocycles. The SMILES string of the molecule is CCCCC(C)/C=C/C=C/C(O)CC(=O)CC(=O)OC. The van der Waals surface area contributed by atoms with Gasteiger partial charge in [-0.25, -0.2) is 0 Å². The number of hydrogen-bond acceptors (Lipinski definition) is 4. The Morgan fingerprint density at radius 1 is 1.25 bits per heavy atom. The minimum absolute atomic E-state index is 0.0647. The first kappa shape index (κ1) is 18.6. The van der Waals surface area contributed by atoms with E-state index in [4.69, 9.17) is 0 Å². The molecule has 114 valence electrons. The van der Waals surface area contributed by atoms with Gasteiger partial charge in [-0.05, 0) is 12.3 Å². The van der Waals surface area contributed by atoms with E-state index in [-0.39, 0.29) is 18.6 Å². The van der Waals surface area contributed by atoms with E-state index in [1.54, 1.807) is 12.2 Å². The summed E-state index contributed by atoms with van der Waals surface area (Å²) in [5.74, 6) is -0.386. The molecule has 0 spiro atoms. The Morgan fingerprint density at radius 2 is 1.90 bits per heavy atom. The van der Waals surface area contributed by atoms with E-state index in [9.17, 15) is 14.7 Å². The van der Waals surface area contributed by atoms with Gasteiger partial charge >= 0.3 is 5.97 Å². The number of methoxy groups -OCH3 is 1. The van der Waals surface area contributed by atoms with Gasteiger partial charge in [0.1, 0.15) is 12.2 Å². The molecule has 0 saturated heterocycles. The predicted molar refractivity (Wildman–Crippen MR) is 79.2 cm³/mol. The average Bonchev–Trinajstić information content (AvgIpc) is 2.40. The van der Waals surface area contributed by atoms with Crippen molar-refractivity contribution in [1.82, 2.24) is 0 Å². The van der Waals surface area contributed by atoms with Crippen LogP contribution in [0.15, 0.2) is 24.3 Å². The number of aliphatic hydroxyl groups is 1. The van der Waals surface area contributed by atoms with Crippen molar-refractivity contribution in [2.24, 2.45) is 5.92 Å². The highest BCUT2D eigenvalue weighted by atomic mass is 16.5. The summed E-state index contributed by atoms with van der Waals surface area (Å²) in [4.78, 5) is 22.2. The van der Waals surface area contributed by atoms with Crippen LogP contribution in [-0.4, -0.2) is 30.1 Å². The minimum atomic E-state index is -0.859. The number of esters is 1. The van der Waals surface area contributed by atoms with E-state index in [1.165, 1.54) is 20.0 Å². The summed E-state index contributed by atoms with van der Waals surface area (Å²) in [5.41, 5.74) is 0. The lowest BCUT2D eigenvalue weighted by molar-refractivity contribution is -0.143. The summed E-state index contributed by atoms with van der Waals surface area (Å²) in [7, 11) is 1.23. The normalized spacial score (nSPS) is 14.6. The molecule has 0 aromatic carbocycles. The minimum Gasteiger partial charge on any atom is -0.469 e. The van der Waals surface area contributed by atoms with E-state index in [1.807, 2.05) is 6.08 Å². The standard InChI is InChI=1S/C16H26O4/c1-4-5-8-13(2)9-6-7-10-14(17)11-15(18)12-16(19)20-3/h6-7,9-10,13-14,17H,4-5,8,11-12H2,1-3H3/b9-6+,10-7+. The van der Waals surface area contributed by atoms with Crippen molar-refractivity contribution in [1.29, 1.82) is 0 Å². The molecule has 1 N–H and O–H groups in total. The first-order chi connectivity index (χ1) is 9.49. The molecule has 0 saturated carbocycles. The van der Waals surface area contributed by atoms with Gasteiger partial charge in [0.15, 0.2) is 0 Å². The molecule has 4 nitrogen and oxygen atoms in total. The zero-order chi connectivity index (χ0) is 15.4.